The average molecular weight is 816 g/mol. The number of nitrogen functional groups attached to an aromatic ring is 2. The van der Waals surface area contributed by atoms with Crippen molar-refractivity contribution in [1.29, 1.82) is 0 Å². The molecular weight excluding hydrogens is 763 g/mol. The Hall–Kier alpha value is -5.61. The van der Waals surface area contributed by atoms with Gasteiger partial charge in [0, 0.05) is 54.3 Å². The number of ether oxygens (including phenoxy) is 2. The van der Waals surface area contributed by atoms with Crippen molar-refractivity contribution in [2.75, 3.05) is 41.0 Å². The van der Waals surface area contributed by atoms with E-state index in [0.717, 1.165) is 48.2 Å². The molecular formula is C38H52MnN10O7. The van der Waals surface area contributed by atoms with Crippen LogP contribution in [0, 0.1) is 13.8 Å². The summed E-state index contributed by atoms with van der Waals surface area (Å²) in [7, 11) is 0. The number of rotatable bonds is 12. The fraction of sp³-hybridized carbons (Fsp3) is 0.447. The summed E-state index contributed by atoms with van der Waals surface area (Å²) in [5.74, 6) is 0.435. The number of anilines is 4. The van der Waals surface area contributed by atoms with Gasteiger partial charge in [-0.05, 0) is 49.9 Å². The predicted molar refractivity (Wildman–Crippen MR) is 206 cm³/mol. The molecule has 0 aromatic carbocycles. The quantitative estimate of drug-likeness (QED) is 0.112. The van der Waals surface area contributed by atoms with Crippen molar-refractivity contribution in [3.05, 3.63) is 70.3 Å². The zero-order valence-electron chi connectivity index (χ0n) is 30.7. The number of pyridine rings is 2. The maximum absolute atomic E-state index is 12.5. The number of hydrogen-bond donors (Lipinski definition) is 2. The number of Topliss-reactive ketones (excluding diaryl/α,β-unsaturated/α-hetero) is 2. The number of ketones is 2. The monoisotopic (exact) mass is 815 g/mol. The molecule has 4 aromatic rings. The molecule has 18 heteroatoms. The Morgan fingerprint density at radius 1 is 0.714 bits per heavy atom. The van der Waals surface area contributed by atoms with Crippen LogP contribution in [0.15, 0.2) is 36.7 Å². The first-order valence-electron chi connectivity index (χ1n) is 17.4. The first kappa shape index (κ1) is 46.5. The molecule has 6 heterocycles. The molecule has 1 amide bonds. The fourth-order valence-corrected chi connectivity index (χ4v) is 5.39. The molecule has 0 spiro atoms. The Balaban J connectivity index is 0.000000350. The van der Waals surface area contributed by atoms with E-state index in [9.17, 15) is 14.4 Å². The Bertz CT molecular complexity index is 1980. The molecule has 4 N–H and O–H groups in total. The minimum atomic E-state index is -1.44. The average Bonchev–Trinajstić information content (AvgIpc) is 3.14. The van der Waals surface area contributed by atoms with Gasteiger partial charge >= 0.3 is 34.5 Å². The number of carbonyl (C=O) groups is 3. The normalized spacial score (nSPS) is 12.7. The topological polar surface area (TPSA) is 240 Å². The first-order valence-corrected chi connectivity index (χ1v) is 18.4. The van der Waals surface area contributed by atoms with Gasteiger partial charge in [0.15, 0.2) is 5.78 Å². The van der Waals surface area contributed by atoms with Gasteiger partial charge in [-0.2, -0.15) is 19.9 Å². The molecule has 0 saturated heterocycles. The number of carbonyl (C=O) groups excluding carboxylic acids is 3. The second-order valence-corrected chi connectivity index (χ2v) is 12.7. The van der Waals surface area contributed by atoms with E-state index in [-0.39, 0.29) is 57.9 Å². The van der Waals surface area contributed by atoms with Gasteiger partial charge in [-0.25, -0.2) is 0 Å². The zero-order chi connectivity index (χ0) is 39.2. The van der Waals surface area contributed by atoms with Crippen molar-refractivity contribution in [3.63, 3.8) is 0 Å². The summed E-state index contributed by atoms with van der Waals surface area (Å²) < 4.78 is 28.0. The third-order valence-electron chi connectivity index (χ3n) is 8.23. The van der Waals surface area contributed by atoms with Crippen LogP contribution in [-0.2, 0) is 62.8 Å². The molecule has 2 aliphatic heterocycles. The van der Waals surface area contributed by atoms with E-state index < -0.39 is 26.5 Å². The van der Waals surface area contributed by atoms with Gasteiger partial charge in [-0.3, -0.25) is 29.3 Å². The van der Waals surface area contributed by atoms with E-state index in [0.29, 0.717) is 54.9 Å². The Morgan fingerprint density at radius 3 is 1.68 bits per heavy atom. The summed E-state index contributed by atoms with van der Waals surface area (Å²) in [6, 6.07) is 8.05. The van der Waals surface area contributed by atoms with Gasteiger partial charge in [0.1, 0.15) is 23.3 Å². The van der Waals surface area contributed by atoms with E-state index in [2.05, 4.69) is 36.8 Å². The SMILES string of the molecule is C.C.CCCCOc1nc(N)c2c(n1)N(Cc1ccc(C)nc1)C(=O)C(=O)C2.CCCCOc1nc(N)c2c(n1)N(Cc1ccc(C)nc1)CC(=O)C2.[O]=[Mn]=[O]. The minimum absolute atomic E-state index is 0. The van der Waals surface area contributed by atoms with Crippen molar-refractivity contribution >= 4 is 40.7 Å². The number of nitrogens with two attached hydrogens (primary N) is 2. The molecule has 0 fully saturated rings. The molecule has 2 aliphatic rings. The summed E-state index contributed by atoms with van der Waals surface area (Å²) in [6.45, 7) is 9.98. The molecule has 17 nitrogen and oxygen atoms in total. The Labute approximate surface area is 333 Å². The Kier molecular flexibility index (Phi) is 18.9. The van der Waals surface area contributed by atoms with Crippen LogP contribution in [0.5, 0.6) is 12.0 Å². The first-order chi connectivity index (χ1) is 26.0. The van der Waals surface area contributed by atoms with Crippen molar-refractivity contribution in [2.24, 2.45) is 0 Å². The van der Waals surface area contributed by atoms with Crippen LogP contribution in [0.4, 0.5) is 23.3 Å². The van der Waals surface area contributed by atoms with E-state index >= 15 is 0 Å². The maximum atomic E-state index is 12.5. The van der Waals surface area contributed by atoms with E-state index in [1.54, 1.807) is 6.20 Å². The molecule has 0 atom stereocenters. The van der Waals surface area contributed by atoms with Crippen LogP contribution >= 0.6 is 0 Å². The van der Waals surface area contributed by atoms with Gasteiger partial charge < -0.3 is 25.8 Å². The van der Waals surface area contributed by atoms with Gasteiger partial charge in [0.05, 0.1) is 26.3 Å². The van der Waals surface area contributed by atoms with Gasteiger partial charge in [0.2, 0.25) is 5.78 Å². The molecule has 0 unspecified atom stereocenters. The molecule has 0 aliphatic carbocycles. The molecule has 0 bridgehead atoms. The number of nitrogens with zero attached hydrogens (tertiary/aromatic N) is 8. The van der Waals surface area contributed by atoms with Crippen LogP contribution in [0.3, 0.4) is 0 Å². The van der Waals surface area contributed by atoms with Crippen LogP contribution in [0.2, 0.25) is 0 Å². The van der Waals surface area contributed by atoms with Gasteiger partial charge in [-0.1, -0.05) is 53.7 Å². The van der Waals surface area contributed by atoms with Gasteiger partial charge in [0.25, 0.3) is 5.91 Å². The van der Waals surface area contributed by atoms with Crippen LogP contribution < -0.4 is 30.7 Å². The zero-order valence-corrected chi connectivity index (χ0v) is 31.9. The number of aryl methyl sites for hydroxylation is 2. The number of hydrogen-bond acceptors (Lipinski definition) is 16. The van der Waals surface area contributed by atoms with E-state index in [1.165, 1.54) is 4.90 Å². The summed E-state index contributed by atoms with van der Waals surface area (Å²) in [5, 5.41) is 0. The molecule has 303 valence electrons. The molecule has 4 aromatic heterocycles. The Morgan fingerprint density at radius 2 is 1.20 bits per heavy atom. The predicted octanol–water partition coefficient (Wildman–Crippen LogP) is 4.70. The van der Waals surface area contributed by atoms with Crippen molar-refractivity contribution in [1.82, 2.24) is 29.9 Å². The molecule has 6 rings (SSSR count). The van der Waals surface area contributed by atoms with Crippen molar-refractivity contribution in [3.8, 4) is 12.0 Å². The number of aromatic nitrogens is 6. The van der Waals surface area contributed by atoms with Gasteiger partial charge in [-0.15, -0.1) is 0 Å². The van der Waals surface area contributed by atoms with E-state index in [1.807, 2.05) is 56.1 Å². The van der Waals surface area contributed by atoms with E-state index in [4.69, 9.17) is 28.6 Å². The van der Waals surface area contributed by atoms with Crippen molar-refractivity contribution < 1.29 is 46.3 Å². The second kappa shape index (κ2) is 22.7. The second-order valence-electron chi connectivity index (χ2n) is 12.5. The van der Waals surface area contributed by atoms with Crippen LogP contribution in [0.1, 0.15) is 88.0 Å². The molecule has 0 radical (unpaired) electrons. The number of fused-ring (bicyclic) bond motifs is 2. The standard InChI is InChI=1S/C18H21N5O3.C18H23N5O2.2CH4.Mn.2O/c1-3-4-7-26-18-21-15(19)13-8-14(24)17(25)23(16(13)22-18)10-12-6-5-11(2)20-9-12;1-3-4-7-25-18-21-16(19)15-8-14(24)11-23(17(15)22-18)10-13-6-5-12(2)20-9-13;;;;;/h5-6,9H,3-4,7-8,10H2,1-2H3,(H2,19,21,22);5-6,9H,3-4,7-8,10-11H2,1-2H3,(H2,19,21,22);2*1H4;;;. The summed E-state index contributed by atoms with van der Waals surface area (Å²) in [4.78, 5) is 65.6. The number of unbranched alkanes of at least 4 members (excludes halogenated alkanes) is 2. The summed E-state index contributed by atoms with van der Waals surface area (Å²) in [6.07, 6.45) is 7.44. The molecule has 56 heavy (non-hydrogen) atoms. The summed E-state index contributed by atoms with van der Waals surface area (Å²) in [5.41, 5.74) is 16.8. The third-order valence-corrected chi connectivity index (χ3v) is 8.23. The molecule has 0 saturated carbocycles. The fourth-order valence-electron chi connectivity index (χ4n) is 5.39. The number of amides is 1. The third kappa shape index (κ3) is 12.7. The summed E-state index contributed by atoms with van der Waals surface area (Å²) >= 11 is -1.44. The van der Waals surface area contributed by atoms with Crippen LogP contribution in [0.25, 0.3) is 0 Å². The van der Waals surface area contributed by atoms with Crippen molar-refractivity contribution in [2.45, 2.75) is 94.2 Å². The van der Waals surface area contributed by atoms with Crippen LogP contribution in [-0.4, -0.2) is 67.1 Å².